The van der Waals surface area contributed by atoms with E-state index in [0.717, 1.165) is 22.6 Å². The van der Waals surface area contributed by atoms with Gasteiger partial charge in [0.05, 0.1) is 23.9 Å². The number of aromatic nitrogens is 4. The summed E-state index contributed by atoms with van der Waals surface area (Å²) in [6, 6.07) is 20.5. The summed E-state index contributed by atoms with van der Waals surface area (Å²) in [6.45, 7) is 0. The molecule has 4 heteroatoms. The zero-order chi connectivity index (χ0) is 14.8. The maximum Gasteiger partial charge on any atom is 0.0991 e. The summed E-state index contributed by atoms with van der Waals surface area (Å²) in [6.07, 6.45) is 7.33. The topological polar surface area (TPSA) is 35.6 Å². The number of nitrogens with zero attached hydrogens (tertiary/aromatic N) is 4. The Morgan fingerprint density at radius 1 is 0.727 bits per heavy atom. The second-order valence-corrected chi connectivity index (χ2v) is 4.98. The SMILES string of the molecule is c1ccc(-n2nccc2-c2ccc(-n3ccnc3)cc2)cc1. The lowest BCUT2D eigenvalue weighted by molar-refractivity contribution is 0.888. The minimum absolute atomic E-state index is 1.06. The van der Waals surface area contributed by atoms with Crippen molar-refractivity contribution in [1.29, 1.82) is 0 Å². The monoisotopic (exact) mass is 286 g/mol. The van der Waals surface area contributed by atoms with E-state index in [1.807, 2.05) is 45.9 Å². The van der Waals surface area contributed by atoms with E-state index in [2.05, 4.69) is 46.5 Å². The van der Waals surface area contributed by atoms with Crippen LogP contribution in [-0.2, 0) is 0 Å². The van der Waals surface area contributed by atoms with Gasteiger partial charge in [-0.25, -0.2) is 9.67 Å². The quantitative estimate of drug-likeness (QED) is 0.575. The highest BCUT2D eigenvalue weighted by atomic mass is 15.3. The second kappa shape index (κ2) is 5.33. The van der Waals surface area contributed by atoms with Gasteiger partial charge in [-0.3, -0.25) is 0 Å². The van der Waals surface area contributed by atoms with Crippen molar-refractivity contribution in [2.45, 2.75) is 0 Å². The molecule has 2 aromatic heterocycles. The van der Waals surface area contributed by atoms with E-state index in [1.54, 1.807) is 12.5 Å². The highest BCUT2D eigenvalue weighted by molar-refractivity contribution is 5.63. The summed E-state index contributed by atoms with van der Waals surface area (Å²) in [4.78, 5) is 4.07. The fourth-order valence-corrected chi connectivity index (χ4v) is 2.51. The predicted octanol–water partition coefficient (Wildman–Crippen LogP) is 3.73. The maximum atomic E-state index is 4.44. The Morgan fingerprint density at radius 3 is 2.27 bits per heavy atom. The number of rotatable bonds is 3. The van der Waals surface area contributed by atoms with E-state index in [0.29, 0.717) is 0 Å². The first kappa shape index (κ1) is 12.6. The van der Waals surface area contributed by atoms with Crippen molar-refractivity contribution in [1.82, 2.24) is 19.3 Å². The summed E-state index contributed by atoms with van der Waals surface area (Å²) in [7, 11) is 0. The molecule has 4 nitrogen and oxygen atoms in total. The van der Waals surface area contributed by atoms with Crippen molar-refractivity contribution in [3.63, 3.8) is 0 Å². The molecule has 0 saturated heterocycles. The van der Waals surface area contributed by atoms with Gasteiger partial charge < -0.3 is 4.57 Å². The standard InChI is InChI=1S/C18H14N4/c1-2-4-17(5-3-1)22-18(10-11-20-22)15-6-8-16(9-7-15)21-13-12-19-14-21/h1-14H. The van der Waals surface area contributed by atoms with Crippen molar-refractivity contribution in [2.75, 3.05) is 0 Å². The first-order chi connectivity index (χ1) is 10.9. The third-order valence-corrected chi connectivity index (χ3v) is 3.61. The van der Waals surface area contributed by atoms with E-state index in [4.69, 9.17) is 0 Å². The van der Waals surface area contributed by atoms with Gasteiger partial charge >= 0.3 is 0 Å². The third kappa shape index (κ3) is 2.20. The van der Waals surface area contributed by atoms with Gasteiger partial charge in [0.25, 0.3) is 0 Å². The van der Waals surface area contributed by atoms with Gasteiger partial charge in [0.1, 0.15) is 0 Å². The Balaban J connectivity index is 1.73. The molecular weight excluding hydrogens is 272 g/mol. The van der Waals surface area contributed by atoms with Gasteiger partial charge in [-0.1, -0.05) is 30.3 Å². The molecule has 2 heterocycles. The number of imidazole rings is 1. The van der Waals surface area contributed by atoms with Crippen LogP contribution < -0.4 is 0 Å². The highest BCUT2D eigenvalue weighted by Gasteiger charge is 2.07. The Labute approximate surface area is 128 Å². The summed E-state index contributed by atoms with van der Waals surface area (Å²) >= 11 is 0. The Bertz CT molecular complexity index is 859. The lowest BCUT2D eigenvalue weighted by Gasteiger charge is -2.08. The van der Waals surface area contributed by atoms with Crippen LogP contribution in [0.4, 0.5) is 0 Å². The second-order valence-electron chi connectivity index (χ2n) is 4.98. The van der Waals surface area contributed by atoms with Crippen molar-refractivity contribution in [3.05, 3.63) is 85.6 Å². The number of hydrogen-bond acceptors (Lipinski definition) is 2. The van der Waals surface area contributed by atoms with Crippen LogP contribution in [0.1, 0.15) is 0 Å². The molecule has 0 unspecified atom stereocenters. The van der Waals surface area contributed by atoms with Crippen LogP contribution in [0.15, 0.2) is 85.6 Å². The van der Waals surface area contributed by atoms with E-state index < -0.39 is 0 Å². The first-order valence-corrected chi connectivity index (χ1v) is 7.10. The minimum Gasteiger partial charge on any atom is -0.306 e. The van der Waals surface area contributed by atoms with Gasteiger partial charge in [-0.05, 0) is 30.3 Å². The minimum atomic E-state index is 1.06. The van der Waals surface area contributed by atoms with Crippen molar-refractivity contribution < 1.29 is 0 Å². The largest absolute Gasteiger partial charge is 0.306 e. The fraction of sp³-hybridized carbons (Fsp3) is 0. The summed E-state index contributed by atoms with van der Waals surface area (Å²) in [5.41, 5.74) is 4.35. The van der Waals surface area contributed by atoms with E-state index >= 15 is 0 Å². The number of para-hydroxylation sites is 1. The molecule has 0 bridgehead atoms. The normalized spacial score (nSPS) is 10.7. The van der Waals surface area contributed by atoms with Crippen molar-refractivity contribution in [3.8, 4) is 22.6 Å². The Hall–Kier alpha value is -3.14. The molecule has 0 aliphatic rings. The third-order valence-electron chi connectivity index (χ3n) is 3.61. The van der Waals surface area contributed by atoms with Gasteiger partial charge in [0.15, 0.2) is 0 Å². The molecule has 0 saturated carbocycles. The summed E-state index contributed by atoms with van der Waals surface area (Å²) in [5.74, 6) is 0. The molecule has 4 aromatic rings. The smallest absolute Gasteiger partial charge is 0.0991 e. The number of benzene rings is 2. The molecule has 0 aliphatic carbocycles. The van der Waals surface area contributed by atoms with E-state index in [9.17, 15) is 0 Å². The lowest BCUT2D eigenvalue weighted by Crippen LogP contribution is -1.98. The van der Waals surface area contributed by atoms with Crippen LogP contribution in [0.3, 0.4) is 0 Å². The average Bonchev–Trinajstić information content (AvgIpc) is 3.28. The molecule has 0 radical (unpaired) electrons. The molecule has 0 spiro atoms. The molecule has 0 amide bonds. The van der Waals surface area contributed by atoms with Crippen LogP contribution in [-0.4, -0.2) is 19.3 Å². The first-order valence-electron chi connectivity index (χ1n) is 7.10. The van der Waals surface area contributed by atoms with Gasteiger partial charge in [-0.15, -0.1) is 0 Å². The zero-order valence-electron chi connectivity index (χ0n) is 11.9. The van der Waals surface area contributed by atoms with Crippen LogP contribution in [0.2, 0.25) is 0 Å². The summed E-state index contributed by atoms with van der Waals surface area (Å²) < 4.78 is 3.94. The Morgan fingerprint density at radius 2 is 1.55 bits per heavy atom. The molecule has 0 N–H and O–H groups in total. The highest BCUT2D eigenvalue weighted by Crippen LogP contribution is 2.23. The van der Waals surface area contributed by atoms with Crippen LogP contribution in [0.25, 0.3) is 22.6 Å². The van der Waals surface area contributed by atoms with Crippen molar-refractivity contribution >= 4 is 0 Å². The summed E-state index contributed by atoms with van der Waals surface area (Å²) in [5, 5.41) is 4.44. The van der Waals surface area contributed by atoms with Crippen LogP contribution in [0, 0.1) is 0 Å². The van der Waals surface area contributed by atoms with Crippen LogP contribution >= 0.6 is 0 Å². The molecule has 4 rings (SSSR count). The molecule has 0 aliphatic heterocycles. The van der Waals surface area contributed by atoms with E-state index in [1.165, 1.54) is 0 Å². The number of hydrogen-bond donors (Lipinski definition) is 0. The average molecular weight is 286 g/mol. The lowest BCUT2D eigenvalue weighted by atomic mass is 10.1. The van der Waals surface area contributed by atoms with E-state index in [-0.39, 0.29) is 0 Å². The molecule has 0 atom stereocenters. The molecule has 2 aromatic carbocycles. The molecule has 22 heavy (non-hydrogen) atoms. The Kier molecular flexibility index (Phi) is 3.05. The maximum absolute atomic E-state index is 4.44. The molecule has 0 fully saturated rings. The molecule has 106 valence electrons. The van der Waals surface area contributed by atoms with Gasteiger partial charge in [0.2, 0.25) is 0 Å². The zero-order valence-corrected chi connectivity index (χ0v) is 11.9. The van der Waals surface area contributed by atoms with Crippen molar-refractivity contribution in [2.24, 2.45) is 0 Å². The van der Waals surface area contributed by atoms with Crippen LogP contribution in [0.5, 0.6) is 0 Å². The molecular formula is C18H14N4. The van der Waals surface area contributed by atoms with Gasteiger partial charge in [-0.2, -0.15) is 5.10 Å². The predicted molar refractivity (Wildman–Crippen MR) is 86.1 cm³/mol. The fourth-order valence-electron chi connectivity index (χ4n) is 2.51. The van der Waals surface area contributed by atoms with Gasteiger partial charge in [0, 0.05) is 23.6 Å².